The van der Waals surface area contributed by atoms with Gasteiger partial charge in [-0.25, -0.2) is 0 Å². The maximum Gasteiger partial charge on any atom is 0.183 e. The van der Waals surface area contributed by atoms with Gasteiger partial charge in [-0.05, 0) is 31.1 Å². The highest BCUT2D eigenvalue weighted by molar-refractivity contribution is 5.77. The van der Waals surface area contributed by atoms with Crippen LogP contribution in [-0.2, 0) is 4.74 Å². The molecule has 2 nitrogen and oxygen atoms in total. The molecule has 0 N–H and O–H groups in total. The third kappa shape index (κ3) is 18.4. The molecule has 0 aromatic heterocycles. The predicted octanol–water partition coefficient (Wildman–Crippen LogP) is 7.85. The second-order valence-electron chi connectivity index (χ2n) is 8.28. The van der Waals surface area contributed by atoms with Gasteiger partial charge in [0.1, 0.15) is 6.61 Å². The van der Waals surface area contributed by atoms with Crippen molar-refractivity contribution in [3.63, 3.8) is 0 Å². The van der Waals surface area contributed by atoms with Gasteiger partial charge in [-0.2, -0.15) is 0 Å². The molecule has 0 radical (unpaired) electrons. The van der Waals surface area contributed by atoms with E-state index >= 15 is 0 Å². The molecule has 0 aromatic carbocycles. The van der Waals surface area contributed by atoms with Gasteiger partial charge in [-0.15, -0.1) is 0 Å². The van der Waals surface area contributed by atoms with E-state index in [0.717, 1.165) is 38.3 Å². The van der Waals surface area contributed by atoms with Crippen LogP contribution >= 0.6 is 0 Å². The Morgan fingerprint density at radius 1 is 0.655 bits per heavy atom. The maximum absolute atomic E-state index is 5.42. The molecule has 0 unspecified atom stereocenters. The van der Waals surface area contributed by atoms with Gasteiger partial charge in [-0.1, -0.05) is 102 Å². The third-order valence-corrected chi connectivity index (χ3v) is 5.49. The van der Waals surface area contributed by atoms with Crippen LogP contribution in [0.3, 0.4) is 0 Å². The zero-order chi connectivity index (χ0) is 20.7. The minimum absolute atomic E-state index is 0.792. The summed E-state index contributed by atoms with van der Waals surface area (Å²) in [6.45, 7) is 3.93. The number of aliphatic imine (C=N–C) groups is 1. The van der Waals surface area contributed by atoms with E-state index in [1.807, 2.05) is 0 Å². The molecule has 0 aliphatic carbocycles. The van der Waals surface area contributed by atoms with E-state index < -0.39 is 0 Å². The van der Waals surface area contributed by atoms with Crippen LogP contribution in [0.5, 0.6) is 0 Å². The summed E-state index contributed by atoms with van der Waals surface area (Å²) in [5.74, 6) is 13.5. The smallest absolute Gasteiger partial charge is 0.183 e. The number of rotatable bonds is 18. The minimum Gasteiger partial charge on any atom is -0.479 e. The molecule has 0 saturated carbocycles. The summed E-state index contributed by atoms with van der Waals surface area (Å²) in [7, 11) is 0. The Hall–Kier alpha value is -1.41. The van der Waals surface area contributed by atoms with Crippen LogP contribution in [0.2, 0.25) is 0 Å². The summed E-state index contributed by atoms with van der Waals surface area (Å²) in [5, 5.41) is 0. The molecule has 29 heavy (non-hydrogen) atoms. The fourth-order valence-electron chi connectivity index (χ4n) is 3.64. The van der Waals surface area contributed by atoms with Crippen molar-refractivity contribution in [2.45, 2.75) is 129 Å². The summed E-state index contributed by atoms with van der Waals surface area (Å²) in [6.07, 6.45) is 24.5. The molecule has 1 rings (SSSR count). The average Bonchev–Trinajstić information content (AvgIpc) is 3.25. The highest BCUT2D eigenvalue weighted by Crippen LogP contribution is 2.11. The van der Waals surface area contributed by atoms with Gasteiger partial charge in [0.05, 0.1) is 6.54 Å². The van der Waals surface area contributed by atoms with Crippen LogP contribution < -0.4 is 0 Å². The predicted molar refractivity (Wildman–Crippen MR) is 127 cm³/mol. The molecular weight excluding hydrogens is 354 g/mol. The maximum atomic E-state index is 5.42. The Labute approximate surface area is 181 Å². The number of unbranched alkanes of at least 4 members (excludes halogenated alkanes) is 16. The fraction of sp³-hybridized carbons (Fsp3) is 0.815. The number of hydrogen-bond donors (Lipinski definition) is 0. The molecule has 1 heterocycles. The molecule has 0 saturated heterocycles. The molecule has 2 heteroatoms. The lowest BCUT2D eigenvalue weighted by Crippen LogP contribution is -1.98. The molecular formula is C27H45NO. The van der Waals surface area contributed by atoms with E-state index in [1.54, 1.807) is 0 Å². The molecule has 0 aromatic rings. The third-order valence-electron chi connectivity index (χ3n) is 5.49. The van der Waals surface area contributed by atoms with Gasteiger partial charge < -0.3 is 4.74 Å². The summed E-state index contributed by atoms with van der Waals surface area (Å²) >= 11 is 0. The first kappa shape index (κ1) is 25.6. The Kier molecular flexibility index (Phi) is 18.8. The summed E-state index contributed by atoms with van der Waals surface area (Å²) in [6, 6.07) is 0. The molecule has 1 aliphatic rings. The van der Waals surface area contributed by atoms with Crippen LogP contribution in [0.25, 0.3) is 0 Å². The standard InChI is InChI=1S/C27H45NO/c1-2-3-4-5-6-7-8-9-10-11-12-13-14-15-16-17-18-19-20-21-22-23-24-27-28-25-26-29-27/h2-12,17-26H2,1H3. The van der Waals surface area contributed by atoms with Crippen molar-refractivity contribution in [1.82, 2.24) is 0 Å². The molecule has 0 bridgehead atoms. The summed E-state index contributed by atoms with van der Waals surface area (Å²) in [4.78, 5) is 4.33. The van der Waals surface area contributed by atoms with E-state index in [1.165, 1.54) is 103 Å². The summed E-state index contributed by atoms with van der Waals surface area (Å²) < 4.78 is 5.42. The van der Waals surface area contributed by atoms with Crippen molar-refractivity contribution in [3.8, 4) is 23.7 Å². The first-order valence-corrected chi connectivity index (χ1v) is 12.6. The van der Waals surface area contributed by atoms with Crippen LogP contribution in [0.4, 0.5) is 0 Å². The summed E-state index contributed by atoms with van der Waals surface area (Å²) in [5.41, 5.74) is 0. The quantitative estimate of drug-likeness (QED) is 0.170. The molecule has 0 fully saturated rings. The van der Waals surface area contributed by atoms with Crippen LogP contribution in [0, 0.1) is 23.7 Å². The molecule has 164 valence electrons. The van der Waals surface area contributed by atoms with Crippen molar-refractivity contribution >= 4 is 5.90 Å². The molecule has 0 atom stereocenters. The largest absolute Gasteiger partial charge is 0.479 e. The van der Waals surface area contributed by atoms with Crippen LogP contribution in [-0.4, -0.2) is 19.0 Å². The Bertz CT molecular complexity index is 514. The van der Waals surface area contributed by atoms with E-state index in [2.05, 4.69) is 35.6 Å². The van der Waals surface area contributed by atoms with Gasteiger partial charge in [-0.3, -0.25) is 4.99 Å². The lowest BCUT2D eigenvalue weighted by molar-refractivity contribution is 0.336. The Balaban J connectivity index is 1.76. The van der Waals surface area contributed by atoms with E-state index in [0.29, 0.717) is 0 Å². The highest BCUT2D eigenvalue weighted by atomic mass is 16.5. The van der Waals surface area contributed by atoms with Gasteiger partial charge in [0.25, 0.3) is 0 Å². The van der Waals surface area contributed by atoms with Crippen LogP contribution in [0.1, 0.15) is 129 Å². The van der Waals surface area contributed by atoms with Crippen LogP contribution in [0.15, 0.2) is 4.99 Å². The van der Waals surface area contributed by atoms with E-state index in [4.69, 9.17) is 4.74 Å². The highest BCUT2D eigenvalue weighted by Gasteiger charge is 2.05. The number of ether oxygens (including phenoxy) is 1. The SMILES string of the molecule is CCCCCCCCCCCCC#CC#CCCCCCCCCC1=NCCO1. The normalized spacial score (nSPS) is 12.5. The van der Waals surface area contributed by atoms with E-state index in [-0.39, 0.29) is 0 Å². The van der Waals surface area contributed by atoms with Gasteiger partial charge in [0, 0.05) is 19.3 Å². The number of nitrogens with zero attached hydrogens (tertiary/aromatic N) is 1. The van der Waals surface area contributed by atoms with Crippen molar-refractivity contribution in [1.29, 1.82) is 0 Å². The van der Waals surface area contributed by atoms with Crippen molar-refractivity contribution < 1.29 is 4.74 Å². The Morgan fingerprint density at radius 3 is 1.62 bits per heavy atom. The average molecular weight is 400 g/mol. The number of hydrogen-bond acceptors (Lipinski definition) is 2. The van der Waals surface area contributed by atoms with E-state index in [9.17, 15) is 0 Å². The zero-order valence-electron chi connectivity index (χ0n) is 19.2. The molecule has 1 aliphatic heterocycles. The van der Waals surface area contributed by atoms with Gasteiger partial charge in [0.15, 0.2) is 5.90 Å². The fourth-order valence-corrected chi connectivity index (χ4v) is 3.64. The lowest BCUT2D eigenvalue weighted by atomic mass is 10.1. The van der Waals surface area contributed by atoms with Crippen molar-refractivity contribution in [2.24, 2.45) is 4.99 Å². The molecule has 0 spiro atoms. The first-order valence-electron chi connectivity index (χ1n) is 12.6. The van der Waals surface area contributed by atoms with Crippen molar-refractivity contribution in [2.75, 3.05) is 13.2 Å². The zero-order valence-corrected chi connectivity index (χ0v) is 19.2. The Morgan fingerprint density at radius 2 is 1.14 bits per heavy atom. The molecule has 0 amide bonds. The monoisotopic (exact) mass is 399 g/mol. The van der Waals surface area contributed by atoms with Gasteiger partial charge >= 0.3 is 0 Å². The van der Waals surface area contributed by atoms with Gasteiger partial charge in [0.2, 0.25) is 0 Å². The first-order chi connectivity index (χ1) is 14.4. The second kappa shape index (κ2) is 21.3. The topological polar surface area (TPSA) is 21.6 Å². The minimum atomic E-state index is 0.792. The van der Waals surface area contributed by atoms with Crippen molar-refractivity contribution in [3.05, 3.63) is 0 Å². The lowest BCUT2D eigenvalue weighted by Gasteiger charge is -2.01. The second-order valence-corrected chi connectivity index (χ2v) is 8.28.